The molecule has 0 spiro atoms. The van der Waals surface area contributed by atoms with Gasteiger partial charge < -0.3 is 15.7 Å². The van der Waals surface area contributed by atoms with Crippen LogP contribution in [0.2, 0.25) is 0 Å². The summed E-state index contributed by atoms with van der Waals surface area (Å²) in [6.07, 6.45) is 0.144. The van der Waals surface area contributed by atoms with Gasteiger partial charge in [-0.3, -0.25) is 0 Å². The van der Waals surface area contributed by atoms with Gasteiger partial charge in [-0.15, -0.1) is 0 Å². The van der Waals surface area contributed by atoms with Crippen LogP contribution in [0.4, 0.5) is 4.79 Å². The van der Waals surface area contributed by atoms with Crippen LogP contribution in [-0.4, -0.2) is 30.3 Å². The van der Waals surface area contributed by atoms with E-state index in [4.69, 9.17) is 5.11 Å². The third-order valence-electron chi connectivity index (χ3n) is 2.16. The molecular weight excluding hydrogens is 144 g/mol. The maximum Gasteiger partial charge on any atom is 0.404 e. The summed E-state index contributed by atoms with van der Waals surface area (Å²) >= 11 is 0. The van der Waals surface area contributed by atoms with Crippen molar-refractivity contribution >= 4 is 6.09 Å². The summed E-state index contributed by atoms with van der Waals surface area (Å²) in [5.41, 5.74) is 0. The molecule has 0 bridgehead atoms. The van der Waals surface area contributed by atoms with Crippen molar-refractivity contribution in [3.63, 3.8) is 0 Å². The second kappa shape index (κ2) is 3.57. The third-order valence-corrected chi connectivity index (χ3v) is 2.16. The van der Waals surface area contributed by atoms with Gasteiger partial charge in [-0.1, -0.05) is 0 Å². The van der Waals surface area contributed by atoms with E-state index >= 15 is 0 Å². The van der Waals surface area contributed by atoms with E-state index in [1.807, 2.05) is 6.92 Å². The smallest absolute Gasteiger partial charge is 0.404 e. The van der Waals surface area contributed by atoms with Gasteiger partial charge in [-0.2, -0.15) is 0 Å². The monoisotopic (exact) mass is 158 g/mol. The fraction of sp³-hybridized carbons (Fsp3) is 0.857. The molecule has 1 amide bonds. The SMILES string of the molecule is CC(NC(=O)O)[C@@H]1CCNC1. The van der Waals surface area contributed by atoms with Gasteiger partial charge in [0, 0.05) is 6.04 Å². The minimum absolute atomic E-state index is 0.0718. The summed E-state index contributed by atoms with van der Waals surface area (Å²) in [6.45, 7) is 3.85. The van der Waals surface area contributed by atoms with E-state index in [1.165, 1.54) is 0 Å². The average molecular weight is 158 g/mol. The lowest BCUT2D eigenvalue weighted by molar-refractivity contribution is 0.186. The summed E-state index contributed by atoms with van der Waals surface area (Å²) in [4.78, 5) is 10.2. The minimum atomic E-state index is -0.926. The van der Waals surface area contributed by atoms with Crippen molar-refractivity contribution in [3.8, 4) is 0 Å². The van der Waals surface area contributed by atoms with Crippen LogP contribution in [0.1, 0.15) is 13.3 Å². The molecule has 0 aromatic carbocycles. The number of rotatable bonds is 2. The molecule has 3 N–H and O–H groups in total. The van der Waals surface area contributed by atoms with Crippen molar-refractivity contribution in [1.29, 1.82) is 0 Å². The largest absolute Gasteiger partial charge is 0.465 e. The number of carbonyl (C=O) groups is 1. The van der Waals surface area contributed by atoms with Crippen molar-refractivity contribution in [1.82, 2.24) is 10.6 Å². The third kappa shape index (κ3) is 2.38. The zero-order valence-corrected chi connectivity index (χ0v) is 6.63. The van der Waals surface area contributed by atoms with E-state index < -0.39 is 6.09 Å². The van der Waals surface area contributed by atoms with Crippen molar-refractivity contribution in [2.24, 2.45) is 5.92 Å². The molecule has 1 saturated heterocycles. The highest BCUT2D eigenvalue weighted by Crippen LogP contribution is 2.11. The van der Waals surface area contributed by atoms with Crippen LogP contribution in [0.25, 0.3) is 0 Å². The predicted molar refractivity (Wildman–Crippen MR) is 41.6 cm³/mol. The number of amides is 1. The molecule has 64 valence electrons. The van der Waals surface area contributed by atoms with Crippen LogP contribution in [-0.2, 0) is 0 Å². The van der Waals surface area contributed by atoms with Crippen LogP contribution in [0.15, 0.2) is 0 Å². The number of nitrogens with one attached hydrogen (secondary N) is 2. The van der Waals surface area contributed by atoms with Gasteiger partial charge in [-0.25, -0.2) is 4.79 Å². The molecule has 11 heavy (non-hydrogen) atoms. The first-order valence-corrected chi connectivity index (χ1v) is 3.90. The quantitative estimate of drug-likeness (QED) is 0.540. The van der Waals surface area contributed by atoms with Gasteiger partial charge in [0.15, 0.2) is 0 Å². The Bertz CT molecular complexity index is 143. The number of hydrogen-bond acceptors (Lipinski definition) is 2. The molecule has 1 fully saturated rings. The van der Waals surface area contributed by atoms with Gasteiger partial charge in [-0.05, 0) is 32.4 Å². The molecular formula is C7H14N2O2. The maximum absolute atomic E-state index is 10.2. The van der Waals surface area contributed by atoms with Crippen LogP contribution >= 0.6 is 0 Å². The first-order valence-electron chi connectivity index (χ1n) is 3.90. The lowest BCUT2D eigenvalue weighted by atomic mass is 10.0. The minimum Gasteiger partial charge on any atom is -0.465 e. The Labute approximate surface area is 66.0 Å². The first kappa shape index (κ1) is 8.33. The lowest BCUT2D eigenvalue weighted by Crippen LogP contribution is -2.37. The highest BCUT2D eigenvalue weighted by atomic mass is 16.4. The van der Waals surface area contributed by atoms with Crippen molar-refractivity contribution in [2.45, 2.75) is 19.4 Å². The number of hydrogen-bond donors (Lipinski definition) is 3. The molecule has 0 aliphatic carbocycles. The highest BCUT2D eigenvalue weighted by molar-refractivity contribution is 5.64. The predicted octanol–water partition coefficient (Wildman–Crippen LogP) is 0.252. The molecule has 0 radical (unpaired) electrons. The molecule has 0 aromatic heterocycles. The average Bonchev–Trinajstić information content (AvgIpc) is 2.35. The zero-order valence-electron chi connectivity index (χ0n) is 6.63. The molecule has 0 aromatic rings. The van der Waals surface area contributed by atoms with Crippen LogP contribution in [0, 0.1) is 5.92 Å². The fourth-order valence-corrected chi connectivity index (χ4v) is 1.42. The van der Waals surface area contributed by atoms with Gasteiger partial charge >= 0.3 is 6.09 Å². The Balaban J connectivity index is 2.28. The first-order chi connectivity index (χ1) is 5.20. The Morgan fingerprint density at radius 3 is 3.00 bits per heavy atom. The topological polar surface area (TPSA) is 61.4 Å². The van der Waals surface area contributed by atoms with Crippen molar-refractivity contribution in [2.75, 3.05) is 13.1 Å². The molecule has 0 saturated carbocycles. The second-order valence-corrected chi connectivity index (χ2v) is 2.99. The van der Waals surface area contributed by atoms with E-state index in [1.54, 1.807) is 0 Å². The summed E-state index contributed by atoms with van der Waals surface area (Å²) in [5, 5.41) is 14.1. The Morgan fingerprint density at radius 1 is 1.82 bits per heavy atom. The van der Waals surface area contributed by atoms with E-state index in [-0.39, 0.29) is 6.04 Å². The summed E-state index contributed by atoms with van der Waals surface area (Å²) < 4.78 is 0. The van der Waals surface area contributed by atoms with Gasteiger partial charge in [0.25, 0.3) is 0 Å². The summed E-state index contributed by atoms with van der Waals surface area (Å²) in [6, 6.07) is 0.0718. The Kier molecular flexibility index (Phi) is 2.70. The van der Waals surface area contributed by atoms with Crippen LogP contribution in [0.5, 0.6) is 0 Å². The van der Waals surface area contributed by atoms with Gasteiger partial charge in [0.05, 0.1) is 0 Å². The lowest BCUT2D eigenvalue weighted by Gasteiger charge is -2.17. The molecule has 1 unspecified atom stereocenters. The van der Waals surface area contributed by atoms with Crippen LogP contribution < -0.4 is 10.6 Å². The van der Waals surface area contributed by atoms with E-state index in [9.17, 15) is 4.79 Å². The molecule has 4 nitrogen and oxygen atoms in total. The summed E-state index contributed by atoms with van der Waals surface area (Å²) in [7, 11) is 0. The molecule has 2 atom stereocenters. The van der Waals surface area contributed by atoms with Crippen LogP contribution in [0.3, 0.4) is 0 Å². The Hall–Kier alpha value is -0.770. The second-order valence-electron chi connectivity index (χ2n) is 2.99. The van der Waals surface area contributed by atoms with E-state index in [0.29, 0.717) is 5.92 Å². The highest BCUT2D eigenvalue weighted by Gasteiger charge is 2.21. The maximum atomic E-state index is 10.2. The van der Waals surface area contributed by atoms with Crippen molar-refractivity contribution in [3.05, 3.63) is 0 Å². The molecule has 1 rings (SSSR count). The summed E-state index contributed by atoms with van der Waals surface area (Å²) in [5.74, 6) is 0.464. The molecule has 1 heterocycles. The van der Waals surface area contributed by atoms with Gasteiger partial charge in [0.2, 0.25) is 0 Å². The molecule has 4 heteroatoms. The molecule has 1 aliphatic rings. The zero-order chi connectivity index (χ0) is 8.27. The van der Waals surface area contributed by atoms with E-state index in [0.717, 1.165) is 19.5 Å². The number of carboxylic acid groups (broad SMARTS) is 1. The Morgan fingerprint density at radius 2 is 2.55 bits per heavy atom. The normalized spacial score (nSPS) is 26.5. The standard InChI is InChI=1S/C7H14N2O2/c1-5(9-7(10)11)6-2-3-8-4-6/h5-6,8-9H,2-4H2,1H3,(H,10,11)/t5?,6-/m1/s1. The fourth-order valence-electron chi connectivity index (χ4n) is 1.42. The molecule has 1 aliphatic heterocycles. The van der Waals surface area contributed by atoms with Gasteiger partial charge in [0.1, 0.15) is 0 Å². The van der Waals surface area contributed by atoms with Crippen molar-refractivity contribution < 1.29 is 9.90 Å². The van der Waals surface area contributed by atoms with E-state index in [2.05, 4.69) is 10.6 Å².